The molecule has 0 unspecified atom stereocenters. The molecule has 0 saturated carbocycles. The minimum atomic E-state index is -1.06. The van der Waals surface area contributed by atoms with Gasteiger partial charge in [0.2, 0.25) is 11.3 Å². The fourth-order valence-corrected chi connectivity index (χ4v) is 4.98. The molecule has 0 spiro atoms. The molecule has 0 aliphatic rings. The highest BCUT2D eigenvalue weighted by atomic mass is 16.3. The van der Waals surface area contributed by atoms with Crippen molar-refractivity contribution in [2.45, 2.75) is 39.5 Å². The number of rotatable bonds is 6. The van der Waals surface area contributed by atoms with E-state index in [-0.39, 0.29) is 5.78 Å². The first-order valence-electron chi connectivity index (χ1n) is 14.7. The number of carbonyl (C=O) groups is 1. The summed E-state index contributed by atoms with van der Waals surface area (Å²) in [5, 5.41) is 28.5. The Hall–Kier alpha value is -6.15. The highest BCUT2D eigenvalue weighted by Gasteiger charge is 2.20. The van der Waals surface area contributed by atoms with Gasteiger partial charge in [0.15, 0.2) is 17.1 Å². The number of benzene rings is 2. The van der Waals surface area contributed by atoms with Crippen LogP contribution in [0.5, 0.6) is 0 Å². The molecule has 6 aromatic heterocycles. The summed E-state index contributed by atoms with van der Waals surface area (Å²) in [6, 6.07) is 19.9. The van der Waals surface area contributed by atoms with Crippen molar-refractivity contribution in [2.75, 3.05) is 0 Å². The largest absolute Gasteiger partial charge is 0.384 e. The Morgan fingerprint density at radius 3 is 1.79 bits per heavy atom. The van der Waals surface area contributed by atoms with E-state index in [1.54, 1.807) is 35.6 Å². The summed E-state index contributed by atoms with van der Waals surface area (Å²) in [6.07, 6.45) is 6.50. The highest BCUT2D eigenvalue weighted by Crippen LogP contribution is 2.20. The number of fused-ring (bicyclic) bond motifs is 4. The van der Waals surface area contributed by atoms with Crippen LogP contribution in [0.3, 0.4) is 0 Å². The first-order valence-corrected chi connectivity index (χ1v) is 14.7. The first-order chi connectivity index (χ1) is 22.7. The Morgan fingerprint density at radius 1 is 0.723 bits per heavy atom. The lowest BCUT2D eigenvalue weighted by molar-refractivity contribution is 0.0737. The van der Waals surface area contributed by atoms with E-state index in [9.17, 15) is 9.90 Å². The summed E-state index contributed by atoms with van der Waals surface area (Å²) in [6.45, 7) is 5.82. The molecular weight excluding hydrogens is 596 g/mol. The number of carbonyl (C=O) groups excluding carboxylic acids is 1. The Labute approximate surface area is 267 Å². The summed E-state index contributed by atoms with van der Waals surface area (Å²) in [5.74, 6) is -0.135. The third kappa shape index (κ3) is 6.21. The zero-order chi connectivity index (χ0) is 32.5. The van der Waals surface area contributed by atoms with E-state index < -0.39 is 5.60 Å². The third-order valence-electron chi connectivity index (χ3n) is 7.44. The van der Waals surface area contributed by atoms with Crippen molar-refractivity contribution in [3.63, 3.8) is 0 Å². The molecule has 14 nitrogen and oxygen atoms in total. The quantitative estimate of drug-likeness (QED) is 0.263. The van der Waals surface area contributed by atoms with Crippen LogP contribution in [0.1, 0.15) is 48.1 Å². The zero-order valence-corrected chi connectivity index (χ0v) is 25.7. The van der Waals surface area contributed by atoms with Crippen LogP contribution >= 0.6 is 0 Å². The molecular formula is C33H28N12O2. The van der Waals surface area contributed by atoms with Gasteiger partial charge in [-0.1, -0.05) is 34.7 Å². The van der Waals surface area contributed by atoms with E-state index in [1.807, 2.05) is 48.5 Å². The van der Waals surface area contributed by atoms with Gasteiger partial charge in [-0.25, -0.2) is 29.3 Å². The Bertz CT molecular complexity index is 2410. The predicted octanol–water partition coefficient (Wildman–Crippen LogP) is 4.07. The molecule has 0 atom stereocenters. The average molecular weight is 625 g/mol. The molecule has 0 aliphatic carbocycles. The van der Waals surface area contributed by atoms with Crippen LogP contribution in [0.2, 0.25) is 0 Å². The van der Waals surface area contributed by atoms with Gasteiger partial charge in [-0.05, 0) is 61.4 Å². The van der Waals surface area contributed by atoms with E-state index in [2.05, 4.69) is 62.7 Å². The van der Waals surface area contributed by atoms with Crippen LogP contribution in [0.4, 0.5) is 0 Å². The van der Waals surface area contributed by atoms with Gasteiger partial charge in [0.05, 0.1) is 42.2 Å². The topological polar surface area (TPSA) is 176 Å². The molecule has 0 fully saturated rings. The van der Waals surface area contributed by atoms with Crippen molar-refractivity contribution in [1.82, 2.24) is 59.9 Å². The number of pyridine rings is 2. The summed E-state index contributed by atoms with van der Waals surface area (Å²) < 4.78 is 3.33. The number of hydrogen-bond donors (Lipinski definition) is 1. The van der Waals surface area contributed by atoms with Crippen LogP contribution in [0, 0.1) is 0 Å². The maximum Gasteiger partial charge on any atom is 0.221 e. The van der Waals surface area contributed by atoms with Gasteiger partial charge in [0, 0.05) is 30.1 Å². The zero-order valence-electron chi connectivity index (χ0n) is 25.7. The van der Waals surface area contributed by atoms with Gasteiger partial charge in [-0.15, -0.1) is 10.2 Å². The average Bonchev–Trinajstić information content (AvgIpc) is 3.67. The van der Waals surface area contributed by atoms with E-state index in [1.165, 1.54) is 19.3 Å². The first kappa shape index (κ1) is 29.6. The fraction of sp³-hybridized carbons (Fsp3) is 0.182. The van der Waals surface area contributed by atoms with E-state index in [0.29, 0.717) is 47.1 Å². The second-order valence-electron chi connectivity index (χ2n) is 11.5. The minimum Gasteiger partial charge on any atom is -0.384 e. The summed E-state index contributed by atoms with van der Waals surface area (Å²) in [5.41, 5.74) is 5.69. The lowest BCUT2D eigenvalue weighted by atomic mass is 10.1. The molecule has 0 bridgehead atoms. The molecule has 2 aromatic carbocycles. The number of ketones is 1. The van der Waals surface area contributed by atoms with Gasteiger partial charge < -0.3 is 5.11 Å². The van der Waals surface area contributed by atoms with Gasteiger partial charge >= 0.3 is 0 Å². The molecule has 0 saturated heterocycles. The van der Waals surface area contributed by atoms with Crippen molar-refractivity contribution in [3.8, 4) is 0 Å². The standard InChI is InChI=1S/C17H16N6O.C16H12N6O/c1-17(2,24)14-9-19-15-16(20-14)23(22-21-15)10-11-5-6-13-12(8-11)4-3-7-18-13;1-10(23)14-8-18-15-16(19-14)22(21-20-15)9-11-4-5-13-12(7-11)3-2-6-17-13/h3-9,24H,10H2,1-2H3;2-8H,9H2,1H3. The fourth-order valence-electron chi connectivity index (χ4n) is 4.98. The molecule has 0 aliphatic heterocycles. The molecule has 8 rings (SSSR count). The second-order valence-corrected chi connectivity index (χ2v) is 11.5. The van der Waals surface area contributed by atoms with E-state index in [4.69, 9.17) is 0 Å². The lowest BCUT2D eigenvalue weighted by Crippen LogP contribution is -2.18. The van der Waals surface area contributed by atoms with Gasteiger partial charge in [0.25, 0.3) is 0 Å². The summed E-state index contributed by atoms with van der Waals surface area (Å²) in [7, 11) is 0. The summed E-state index contributed by atoms with van der Waals surface area (Å²) >= 11 is 0. The molecule has 47 heavy (non-hydrogen) atoms. The minimum absolute atomic E-state index is 0.135. The molecule has 232 valence electrons. The van der Waals surface area contributed by atoms with Crippen LogP contribution in [-0.2, 0) is 18.7 Å². The van der Waals surface area contributed by atoms with Gasteiger partial charge in [-0.2, -0.15) is 0 Å². The van der Waals surface area contributed by atoms with Crippen LogP contribution in [0.25, 0.3) is 44.4 Å². The van der Waals surface area contributed by atoms with E-state index >= 15 is 0 Å². The van der Waals surface area contributed by atoms with Crippen LogP contribution in [-0.4, -0.2) is 70.8 Å². The molecule has 0 amide bonds. The molecule has 8 aromatic rings. The van der Waals surface area contributed by atoms with Crippen molar-refractivity contribution in [2.24, 2.45) is 0 Å². The Morgan fingerprint density at radius 2 is 1.26 bits per heavy atom. The van der Waals surface area contributed by atoms with Crippen molar-refractivity contribution in [1.29, 1.82) is 0 Å². The number of aromatic nitrogens is 12. The van der Waals surface area contributed by atoms with Crippen molar-refractivity contribution >= 4 is 50.2 Å². The SMILES string of the molecule is CC(=O)c1cnc2nnn(Cc3ccc4ncccc4c3)c2n1.CC(C)(O)c1cnc2nnn(Cc3ccc4ncccc4c3)c2n1. The van der Waals surface area contributed by atoms with Crippen LogP contribution in [0.15, 0.2) is 85.5 Å². The molecule has 14 heteroatoms. The normalized spacial score (nSPS) is 11.7. The molecule has 1 N–H and O–H groups in total. The number of hydrogen-bond acceptors (Lipinski definition) is 12. The monoisotopic (exact) mass is 624 g/mol. The molecule has 0 radical (unpaired) electrons. The predicted molar refractivity (Wildman–Crippen MR) is 173 cm³/mol. The van der Waals surface area contributed by atoms with Crippen molar-refractivity contribution in [3.05, 3.63) is 108 Å². The number of aliphatic hydroxyl groups is 1. The maximum atomic E-state index is 11.5. The van der Waals surface area contributed by atoms with Crippen molar-refractivity contribution < 1.29 is 9.90 Å². The number of Topliss-reactive ketones (excluding diaryl/α,β-unsaturated/α-hetero) is 1. The summed E-state index contributed by atoms with van der Waals surface area (Å²) in [4.78, 5) is 37.2. The second kappa shape index (κ2) is 12.0. The van der Waals surface area contributed by atoms with Gasteiger partial charge in [-0.3, -0.25) is 14.8 Å². The number of nitrogens with zero attached hydrogens (tertiary/aromatic N) is 12. The van der Waals surface area contributed by atoms with E-state index in [0.717, 1.165) is 32.9 Å². The van der Waals surface area contributed by atoms with Gasteiger partial charge in [0.1, 0.15) is 11.3 Å². The third-order valence-corrected chi connectivity index (χ3v) is 7.44. The highest BCUT2D eigenvalue weighted by molar-refractivity contribution is 5.93. The molecule has 6 heterocycles. The maximum absolute atomic E-state index is 11.5. The Balaban J connectivity index is 0.000000150. The smallest absolute Gasteiger partial charge is 0.221 e. The lowest BCUT2D eigenvalue weighted by Gasteiger charge is -2.15. The van der Waals surface area contributed by atoms with Crippen LogP contribution < -0.4 is 0 Å². The Kier molecular flexibility index (Phi) is 7.53.